The molecule has 0 unspecified atom stereocenters. The van der Waals surface area contributed by atoms with Crippen LogP contribution in [0.3, 0.4) is 0 Å². The average Bonchev–Trinajstić information content (AvgIpc) is 2.57. The SMILES string of the molecule is C/N=C(/N)SCCOc1cc(C)cc(OS(=O)(=O)c2ccccc2Cl)c1. The van der Waals surface area contributed by atoms with E-state index in [1.54, 1.807) is 31.3 Å². The summed E-state index contributed by atoms with van der Waals surface area (Å²) in [5.41, 5.74) is 6.40. The number of nitrogens with zero attached hydrogens (tertiary/aromatic N) is 1. The third-order valence-corrected chi connectivity index (χ3v) is 5.76. The van der Waals surface area contributed by atoms with Gasteiger partial charge in [-0.2, -0.15) is 8.42 Å². The number of aryl methyl sites for hydroxylation is 1. The van der Waals surface area contributed by atoms with Gasteiger partial charge in [0.1, 0.15) is 16.4 Å². The minimum absolute atomic E-state index is 0.0867. The predicted octanol–water partition coefficient (Wildman–Crippen LogP) is 3.47. The molecule has 0 bridgehead atoms. The van der Waals surface area contributed by atoms with Gasteiger partial charge >= 0.3 is 10.1 Å². The maximum atomic E-state index is 12.4. The number of rotatable bonds is 7. The summed E-state index contributed by atoms with van der Waals surface area (Å²) in [6.45, 7) is 2.21. The molecule has 0 heterocycles. The van der Waals surface area contributed by atoms with Crippen LogP contribution in [0.1, 0.15) is 5.56 Å². The van der Waals surface area contributed by atoms with Crippen molar-refractivity contribution in [3.05, 3.63) is 53.1 Å². The lowest BCUT2D eigenvalue weighted by molar-refractivity contribution is 0.342. The van der Waals surface area contributed by atoms with E-state index in [2.05, 4.69) is 4.99 Å². The minimum atomic E-state index is -4.04. The summed E-state index contributed by atoms with van der Waals surface area (Å²) in [5.74, 6) is 1.27. The number of nitrogens with two attached hydrogens (primary N) is 1. The lowest BCUT2D eigenvalue weighted by Crippen LogP contribution is -2.11. The molecule has 0 radical (unpaired) electrons. The summed E-state index contributed by atoms with van der Waals surface area (Å²) in [6.07, 6.45) is 0. The van der Waals surface area contributed by atoms with Crippen LogP contribution in [0, 0.1) is 6.92 Å². The fourth-order valence-electron chi connectivity index (χ4n) is 2.03. The summed E-state index contributed by atoms with van der Waals surface area (Å²) in [4.78, 5) is 3.76. The van der Waals surface area contributed by atoms with Gasteiger partial charge in [0.15, 0.2) is 5.17 Å². The molecule has 9 heteroatoms. The zero-order chi connectivity index (χ0) is 19.2. The van der Waals surface area contributed by atoms with Crippen molar-refractivity contribution in [3.63, 3.8) is 0 Å². The van der Waals surface area contributed by atoms with Crippen molar-refractivity contribution < 1.29 is 17.3 Å². The summed E-state index contributed by atoms with van der Waals surface area (Å²) in [6, 6.07) is 11.0. The van der Waals surface area contributed by atoms with Gasteiger partial charge in [-0.25, -0.2) is 0 Å². The molecular formula is C17H19ClN2O4S2. The first-order valence-electron chi connectivity index (χ1n) is 7.60. The van der Waals surface area contributed by atoms with Gasteiger partial charge in [0, 0.05) is 18.9 Å². The number of hydrogen-bond donors (Lipinski definition) is 1. The maximum absolute atomic E-state index is 12.4. The lowest BCUT2D eigenvalue weighted by Gasteiger charge is -2.11. The van der Waals surface area contributed by atoms with Crippen molar-refractivity contribution in [2.24, 2.45) is 10.7 Å². The van der Waals surface area contributed by atoms with Crippen LogP contribution < -0.4 is 14.7 Å². The first-order valence-corrected chi connectivity index (χ1v) is 10.4. The Labute approximate surface area is 162 Å². The van der Waals surface area contributed by atoms with E-state index in [4.69, 9.17) is 26.3 Å². The van der Waals surface area contributed by atoms with Crippen LogP contribution in [-0.4, -0.2) is 33.0 Å². The molecule has 26 heavy (non-hydrogen) atoms. The van der Waals surface area contributed by atoms with Crippen molar-refractivity contribution in [3.8, 4) is 11.5 Å². The Morgan fingerprint density at radius 3 is 2.62 bits per heavy atom. The topological polar surface area (TPSA) is 91.0 Å². The van der Waals surface area contributed by atoms with Crippen molar-refractivity contribution in [2.45, 2.75) is 11.8 Å². The molecule has 0 amide bonds. The summed E-state index contributed by atoms with van der Waals surface area (Å²) < 4.78 is 35.7. The highest BCUT2D eigenvalue weighted by Crippen LogP contribution is 2.28. The average molecular weight is 415 g/mol. The van der Waals surface area contributed by atoms with E-state index in [-0.39, 0.29) is 15.7 Å². The second-order valence-corrected chi connectivity index (χ2v) is 8.25. The van der Waals surface area contributed by atoms with E-state index >= 15 is 0 Å². The summed E-state index contributed by atoms with van der Waals surface area (Å²) in [5, 5.41) is 0.580. The van der Waals surface area contributed by atoms with E-state index in [1.165, 1.54) is 30.0 Å². The van der Waals surface area contributed by atoms with Gasteiger partial charge in [-0.15, -0.1) is 0 Å². The molecule has 2 aromatic carbocycles. The monoisotopic (exact) mass is 414 g/mol. The van der Waals surface area contributed by atoms with Crippen LogP contribution >= 0.6 is 23.4 Å². The third-order valence-electron chi connectivity index (χ3n) is 3.16. The molecule has 0 aliphatic rings. The van der Waals surface area contributed by atoms with Gasteiger partial charge in [-0.05, 0) is 36.8 Å². The number of hydrogen-bond acceptors (Lipinski definition) is 6. The number of amidine groups is 1. The molecule has 6 nitrogen and oxygen atoms in total. The smallest absolute Gasteiger partial charge is 0.340 e. The Hall–Kier alpha value is -1.90. The Morgan fingerprint density at radius 1 is 1.23 bits per heavy atom. The van der Waals surface area contributed by atoms with Gasteiger partial charge in [-0.1, -0.05) is 35.5 Å². The van der Waals surface area contributed by atoms with Crippen molar-refractivity contribution >= 4 is 38.6 Å². The van der Waals surface area contributed by atoms with E-state index in [0.717, 1.165) is 5.56 Å². The number of halogens is 1. The Morgan fingerprint density at radius 2 is 1.92 bits per heavy atom. The minimum Gasteiger partial charge on any atom is -0.493 e. The highest BCUT2D eigenvalue weighted by molar-refractivity contribution is 8.13. The maximum Gasteiger partial charge on any atom is 0.340 e. The Bertz CT molecular complexity index is 901. The normalized spacial score (nSPS) is 12.0. The van der Waals surface area contributed by atoms with Crippen LogP contribution in [0.15, 0.2) is 52.4 Å². The second-order valence-electron chi connectivity index (χ2n) is 5.21. The third kappa shape index (κ3) is 5.82. The van der Waals surface area contributed by atoms with E-state index in [1.807, 2.05) is 6.92 Å². The highest BCUT2D eigenvalue weighted by Gasteiger charge is 2.20. The van der Waals surface area contributed by atoms with Crippen LogP contribution in [-0.2, 0) is 10.1 Å². The number of ether oxygens (including phenoxy) is 1. The van der Waals surface area contributed by atoms with Crippen LogP contribution in [0.25, 0.3) is 0 Å². The van der Waals surface area contributed by atoms with E-state index in [0.29, 0.717) is 23.3 Å². The molecular weight excluding hydrogens is 396 g/mol. The fraction of sp³-hybridized carbons (Fsp3) is 0.235. The quantitative estimate of drug-likeness (QED) is 0.323. The molecule has 0 saturated heterocycles. The standard InChI is InChI=1S/C17H19ClN2O4S2/c1-12-9-13(23-7-8-25-17(19)20-2)11-14(10-12)24-26(21,22)16-6-4-3-5-15(16)18/h3-6,9-11H,7-8H2,1-2H3,(H2,19,20). The highest BCUT2D eigenvalue weighted by atomic mass is 35.5. The largest absolute Gasteiger partial charge is 0.493 e. The summed E-state index contributed by atoms with van der Waals surface area (Å²) >= 11 is 7.33. The molecule has 0 aliphatic carbocycles. The molecule has 0 aromatic heterocycles. The zero-order valence-corrected chi connectivity index (χ0v) is 16.7. The van der Waals surface area contributed by atoms with Gasteiger partial charge in [0.05, 0.1) is 11.6 Å². The molecule has 0 saturated carbocycles. The molecule has 0 atom stereocenters. The molecule has 2 rings (SSSR count). The van der Waals surface area contributed by atoms with Crippen molar-refractivity contribution in [2.75, 3.05) is 19.4 Å². The van der Waals surface area contributed by atoms with Crippen molar-refractivity contribution in [1.82, 2.24) is 0 Å². The van der Waals surface area contributed by atoms with Gasteiger partial charge in [0.25, 0.3) is 0 Å². The van der Waals surface area contributed by atoms with Crippen LogP contribution in [0.2, 0.25) is 5.02 Å². The fourth-order valence-corrected chi connectivity index (χ4v) is 3.95. The molecule has 0 aliphatic heterocycles. The van der Waals surface area contributed by atoms with E-state index < -0.39 is 10.1 Å². The number of benzene rings is 2. The first-order chi connectivity index (χ1) is 12.3. The molecule has 140 valence electrons. The van der Waals surface area contributed by atoms with Gasteiger partial charge in [-0.3, -0.25) is 4.99 Å². The molecule has 2 N–H and O–H groups in total. The second kappa shape index (κ2) is 9.16. The zero-order valence-electron chi connectivity index (χ0n) is 14.3. The van der Waals surface area contributed by atoms with E-state index in [9.17, 15) is 8.42 Å². The summed E-state index contributed by atoms with van der Waals surface area (Å²) in [7, 11) is -2.42. The van der Waals surface area contributed by atoms with Gasteiger partial charge in [0.2, 0.25) is 0 Å². The first kappa shape index (κ1) is 20.4. The van der Waals surface area contributed by atoms with Crippen LogP contribution in [0.4, 0.5) is 0 Å². The van der Waals surface area contributed by atoms with Gasteiger partial charge < -0.3 is 14.7 Å². The number of thioether (sulfide) groups is 1. The van der Waals surface area contributed by atoms with Crippen molar-refractivity contribution in [1.29, 1.82) is 0 Å². The number of aliphatic imine (C=N–C) groups is 1. The molecule has 2 aromatic rings. The molecule has 0 fully saturated rings. The lowest BCUT2D eigenvalue weighted by atomic mass is 10.2. The predicted molar refractivity (Wildman–Crippen MR) is 106 cm³/mol. The molecule has 0 spiro atoms. The Kier molecular flexibility index (Phi) is 7.19. The Balaban J connectivity index is 2.11. The van der Waals surface area contributed by atoms with Crippen LogP contribution in [0.5, 0.6) is 11.5 Å².